The molecule has 0 aliphatic rings. The third-order valence-electron chi connectivity index (χ3n) is 7.01. The van der Waals surface area contributed by atoms with Crippen molar-refractivity contribution in [2.24, 2.45) is 0 Å². The zero-order valence-electron chi connectivity index (χ0n) is 31.9. The van der Waals surface area contributed by atoms with Gasteiger partial charge in [-0.2, -0.15) is 9.97 Å². The van der Waals surface area contributed by atoms with Crippen LogP contribution in [0.4, 0.5) is 0 Å². The fourth-order valence-corrected chi connectivity index (χ4v) is 6.01. The van der Waals surface area contributed by atoms with Crippen molar-refractivity contribution in [2.75, 3.05) is 0 Å². The summed E-state index contributed by atoms with van der Waals surface area (Å²) in [6.07, 6.45) is 0. The molecule has 0 aliphatic carbocycles. The standard InChI is InChI=1S/C37H28ClN3S/c1-37(2,3)29-16-12-24(13-17-29)34-39-35(41-36(38)40-34)28-15-19-33-31(22-28)30-21-27(14-18-32(30)42-33)26-11-7-10-25(20-26)23-8-5-4-6-9-23/h4-22H,1-3H3/i4D,5D,6D,7D,8D,9D,10D,11D,20D. The lowest BCUT2D eigenvalue weighted by Crippen LogP contribution is -2.10. The molecule has 0 atom stereocenters. The summed E-state index contributed by atoms with van der Waals surface area (Å²) in [6.45, 7) is 6.44. The number of rotatable bonds is 4. The Labute approximate surface area is 267 Å². The molecule has 7 rings (SSSR count). The van der Waals surface area contributed by atoms with Gasteiger partial charge in [0, 0.05) is 31.3 Å². The first-order valence-corrected chi connectivity index (χ1v) is 14.4. The van der Waals surface area contributed by atoms with Crippen molar-refractivity contribution < 1.29 is 12.3 Å². The van der Waals surface area contributed by atoms with E-state index in [0.29, 0.717) is 22.8 Å². The van der Waals surface area contributed by atoms with Crippen LogP contribution in [-0.2, 0) is 5.41 Å². The summed E-state index contributed by atoms with van der Waals surface area (Å²) in [5.74, 6) is 0.824. The molecule has 5 heteroatoms. The van der Waals surface area contributed by atoms with Crippen LogP contribution in [0, 0.1) is 0 Å². The molecule has 0 spiro atoms. The van der Waals surface area contributed by atoms with Crippen LogP contribution >= 0.6 is 22.9 Å². The maximum Gasteiger partial charge on any atom is 0.226 e. The molecule has 0 saturated carbocycles. The predicted octanol–water partition coefficient (Wildman–Crippen LogP) is 10.9. The second kappa shape index (κ2) is 10.5. The highest BCUT2D eigenvalue weighted by Gasteiger charge is 2.16. The third-order valence-corrected chi connectivity index (χ3v) is 8.33. The Bertz CT molecular complexity index is 2550. The second-order valence-electron chi connectivity index (χ2n) is 10.9. The van der Waals surface area contributed by atoms with Gasteiger partial charge in [0.05, 0.1) is 12.3 Å². The molecule has 3 nitrogen and oxygen atoms in total. The first-order chi connectivity index (χ1) is 24.1. The lowest BCUT2D eigenvalue weighted by molar-refractivity contribution is 0.590. The van der Waals surface area contributed by atoms with E-state index < -0.39 is 42.3 Å². The molecule has 0 N–H and O–H groups in total. The third kappa shape index (κ3) is 5.09. The van der Waals surface area contributed by atoms with Crippen LogP contribution in [0.1, 0.15) is 38.7 Å². The van der Waals surface area contributed by atoms with Gasteiger partial charge in [-0.15, -0.1) is 11.3 Å². The Kier molecular flexibility index (Phi) is 4.54. The molecule has 0 radical (unpaired) electrons. The van der Waals surface area contributed by atoms with Gasteiger partial charge in [0.25, 0.3) is 0 Å². The Morgan fingerprint density at radius 3 is 1.81 bits per heavy atom. The monoisotopic (exact) mass is 590 g/mol. The van der Waals surface area contributed by atoms with E-state index in [1.165, 1.54) is 5.56 Å². The van der Waals surface area contributed by atoms with Crippen LogP contribution in [0.25, 0.3) is 65.2 Å². The van der Waals surface area contributed by atoms with Crippen LogP contribution in [-0.4, -0.2) is 15.0 Å². The largest absolute Gasteiger partial charge is 0.226 e. The predicted molar refractivity (Wildman–Crippen MR) is 178 cm³/mol. The van der Waals surface area contributed by atoms with Crippen molar-refractivity contribution >= 4 is 43.1 Å². The summed E-state index contributed by atoms with van der Waals surface area (Å²) in [5, 5.41) is 1.71. The first kappa shape index (κ1) is 18.2. The molecule has 0 bridgehead atoms. The smallest absolute Gasteiger partial charge is 0.208 e. The van der Waals surface area contributed by atoms with E-state index in [-0.39, 0.29) is 39.5 Å². The summed E-state index contributed by atoms with van der Waals surface area (Å²) in [4.78, 5) is 13.6. The lowest BCUT2D eigenvalue weighted by atomic mass is 9.87. The molecule has 0 amide bonds. The molecule has 0 saturated heterocycles. The van der Waals surface area contributed by atoms with E-state index in [1.54, 1.807) is 23.5 Å². The van der Waals surface area contributed by atoms with Gasteiger partial charge in [-0.05, 0) is 81.2 Å². The summed E-state index contributed by atoms with van der Waals surface area (Å²) < 4.78 is 78.2. The molecule has 5 aromatic carbocycles. The van der Waals surface area contributed by atoms with E-state index in [1.807, 2.05) is 48.5 Å². The van der Waals surface area contributed by atoms with E-state index in [2.05, 4.69) is 30.7 Å². The fourth-order valence-electron chi connectivity index (χ4n) is 4.79. The molecule has 2 heterocycles. The van der Waals surface area contributed by atoms with Crippen molar-refractivity contribution in [3.8, 4) is 45.0 Å². The van der Waals surface area contributed by atoms with Crippen molar-refractivity contribution in [1.82, 2.24) is 15.0 Å². The highest BCUT2D eigenvalue weighted by Crippen LogP contribution is 2.39. The number of nitrogens with zero attached hydrogens (tertiary/aromatic N) is 3. The molecule has 0 unspecified atom stereocenters. The Hall–Kier alpha value is -4.38. The Morgan fingerprint density at radius 2 is 1.14 bits per heavy atom. The minimum Gasteiger partial charge on any atom is -0.208 e. The lowest BCUT2D eigenvalue weighted by Gasteiger charge is -2.19. The summed E-state index contributed by atoms with van der Waals surface area (Å²) in [6, 6.07) is 14.4. The van der Waals surface area contributed by atoms with Gasteiger partial charge in [0.2, 0.25) is 5.28 Å². The van der Waals surface area contributed by atoms with Crippen LogP contribution in [0.5, 0.6) is 0 Å². The summed E-state index contributed by atoms with van der Waals surface area (Å²) in [7, 11) is 0. The van der Waals surface area contributed by atoms with Crippen LogP contribution in [0.2, 0.25) is 5.28 Å². The molecular weight excluding hydrogens is 554 g/mol. The SMILES string of the molecule is [2H]c1c([2H])c([2H])c(-c2c([2H])c([2H])c([2H])c(-c3ccc4sc5ccc(-c6nc(Cl)nc(-c7ccc(C(C)(C)C)cc7)n6)cc5c4c3)c2[2H])c([2H])c1[2H]. The van der Waals surface area contributed by atoms with Gasteiger partial charge in [0.1, 0.15) is 0 Å². The fraction of sp³-hybridized carbons (Fsp3) is 0.108. The molecule has 7 aromatic rings. The Morgan fingerprint density at radius 1 is 0.595 bits per heavy atom. The number of aromatic nitrogens is 3. The van der Waals surface area contributed by atoms with E-state index in [9.17, 15) is 0 Å². The van der Waals surface area contributed by atoms with Crippen molar-refractivity contribution in [1.29, 1.82) is 0 Å². The molecule has 42 heavy (non-hydrogen) atoms. The van der Waals surface area contributed by atoms with Crippen LogP contribution in [0.3, 0.4) is 0 Å². The maximum absolute atomic E-state index is 9.13. The molecule has 204 valence electrons. The Balaban J connectivity index is 1.37. The second-order valence-corrected chi connectivity index (χ2v) is 12.3. The number of fused-ring (bicyclic) bond motifs is 3. The van der Waals surface area contributed by atoms with Gasteiger partial charge >= 0.3 is 0 Å². The number of halogens is 1. The number of hydrogen-bond donors (Lipinski definition) is 0. The maximum atomic E-state index is 9.13. The average molecular weight is 591 g/mol. The van der Waals surface area contributed by atoms with Gasteiger partial charge in [-0.3, -0.25) is 0 Å². The van der Waals surface area contributed by atoms with Crippen molar-refractivity contribution in [2.45, 2.75) is 26.2 Å². The van der Waals surface area contributed by atoms with E-state index in [0.717, 1.165) is 25.7 Å². The zero-order valence-corrected chi connectivity index (χ0v) is 24.5. The number of benzene rings is 5. The molecule has 0 fully saturated rings. The van der Waals surface area contributed by atoms with Crippen LogP contribution < -0.4 is 0 Å². The summed E-state index contributed by atoms with van der Waals surface area (Å²) >= 11 is 7.96. The topological polar surface area (TPSA) is 38.7 Å². The average Bonchev–Trinajstić information content (AvgIpc) is 3.47. The minimum absolute atomic E-state index is 0.00923. The van der Waals surface area contributed by atoms with Crippen LogP contribution in [0.15, 0.2) is 115 Å². The molecule has 0 aliphatic heterocycles. The summed E-state index contributed by atoms with van der Waals surface area (Å²) in [5.41, 5.74) is 2.45. The van der Waals surface area contributed by atoms with Gasteiger partial charge in [0.15, 0.2) is 11.6 Å². The van der Waals surface area contributed by atoms with E-state index >= 15 is 0 Å². The minimum atomic E-state index is -0.611. The normalized spacial score (nSPS) is 14.8. The van der Waals surface area contributed by atoms with Gasteiger partial charge in [-0.25, -0.2) is 4.98 Å². The molecule has 2 aromatic heterocycles. The van der Waals surface area contributed by atoms with Crippen molar-refractivity contribution in [3.05, 3.63) is 126 Å². The molecular formula is C37H28ClN3S. The van der Waals surface area contributed by atoms with Gasteiger partial charge < -0.3 is 0 Å². The number of thiophene rings is 1. The van der Waals surface area contributed by atoms with Crippen molar-refractivity contribution in [3.63, 3.8) is 0 Å². The quantitative estimate of drug-likeness (QED) is 0.205. The number of hydrogen-bond acceptors (Lipinski definition) is 4. The highest BCUT2D eigenvalue weighted by atomic mass is 35.5. The zero-order chi connectivity index (χ0) is 36.7. The van der Waals surface area contributed by atoms with Gasteiger partial charge in [-0.1, -0.05) is 99.4 Å². The van der Waals surface area contributed by atoms with E-state index in [4.69, 9.17) is 28.9 Å². The highest BCUT2D eigenvalue weighted by molar-refractivity contribution is 7.25. The first-order valence-electron chi connectivity index (χ1n) is 17.7.